The van der Waals surface area contributed by atoms with Crippen molar-refractivity contribution in [1.82, 2.24) is 0 Å². The molecular formula is C23H30Cl2Zr. The summed E-state index contributed by atoms with van der Waals surface area (Å²) in [5, 5.41) is 0. The van der Waals surface area contributed by atoms with Gasteiger partial charge in [-0.3, -0.25) is 0 Å². The van der Waals surface area contributed by atoms with Gasteiger partial charge < -0.3 is 24.8 Å². The smallest absolute Gasteiger partial charge is 1.00 e. The summed E-state index contributed by atoms with van der Waals surface area (Å²) in [4.78, 5) is 0. The number of fused-ring (bicyclic) bond motifs is 1. The predicted octanol–water partition coefficient (Wildman–Crippen LogP) is 1.13. The number of allylic oxidation sites excluding steroid dienone is 5. The van der Waals surface area contributed by atoms with Crippen molar-refractivity contribution in [2.24, 2.45) is 5.92 Å². The molecule has 1 atom stereocenters. The Morgan fingerprint density at radius 3 is 2.04 bits per heavy atom. The topological polar surface area (TPSA) is 0 Å². The molecule has 3 heteroatoms. The van der Waals surface area contributed by atoms with Gasteiger partial charge in [0.05, 0.1) is 0 Å². The molecular weight excluding hydrogens is 438 g/mol. The molecule has 140 valence electrons. The Morgan fingerprint density at radius 2 is 1.50 bits per heavy atom. The number of halogens is 2. The van der Waals surface area contributed by atoms with E-state index in [4.69, 9.17) is 0 Å². The minimum absolute atomic E-state index is 0. The van der Waals surface area contributed by atoms with Crippen LogP contribution in [-0.4, -0.2) is 0 Å². The van der Waals surface area contributed by atoms with Gasteiger partial charge in [-0.2, -0.15) is 0 Å². The third kappa shape index (κ3) is 4.01. The second-order valence-electron chi connectivity index (χ2n) is 8.15. The molecule has 2 aliphatic rings. The molecule has 0 fully saturated rings. The molecule has 0 aliphatic heterocycles. The van der Waals surface area contributed by atoms with Crippen LogP contribution in [0.1, 0.15) is 69.6 Å². The van der Waals surface area contributed by atoms with E-state index in [9.17, 15) is 0 Å². The Morgan fingerprint density at radius 1 is 0.962 bits per heavy atom. The van der Waals surface area contributed by atoms with Gasteiger partial charge in [-0.15, -0.1) is 0 Å². The standard InChI is InChI=1S/C13H15.C10H15.2ClH.Zr/c1-10(2)7-11-8-12-5-3-4-6-13(12)9-11;1-6-7(2)9(4)10(5)8(6)3;;;/h3-6,8-10H,7H2,1-2H3;1-5H3;2*1H;/q;;;;+2/p-2. The molecule has 0 spiro atoms. The molecule has 1 aromatic carbocycles. The van der Waals surface area contributed by atoms with E-state index in [-0.39, 0.29) is 24.8 Å². The van der Waals surface area contributed by atoms with Crippen molar-refractivity contribution >= 4 is 6.08 Å². The average Bonchev–Trinajstić information content (AvgIpc) is 2.94. The minimum atomic E-state index is -0.727. The average molecular weight is 469 g/mol. The van der Waals surface area contributed by atoms with Crippen LogP contribution in [0, 0.1) is 5.92 Å². The van der Waals surface area contributed by atoms with Crippen LogP contribution >= 0.6 is 0 Å². The molecule has 0 radical (unpaired) electrons. The first kappa shape index (κ1) is 23.9. The normalized spacial score (nSPS) is 20.5. The quantitative estimate of drug-likeness (QED) is 0.622. The van der Waals surface area contributed by atoms with Gasteiger partial charge >= 0.3 is 160 Å². The number of rotatable bonds is 4. The van der Waals surface area contributed by atoms with Crippen LogP contribution < -0.4 is 24.8 Å². The van der Waals surface area contributed by atoms with Crippen molar-refractivity contribution in [2.45, 2.75) is 61.6 Å². The van der Waals surface area contributed by atoms with Crippen LogP contribution in [0.3, 0.4) is 0 Å². The van der Waals surface area contributed by atoms with Gasteiger partial charge in [-0.25, -0.2) is 0 Å². The molecule has 0 saturated heterocycles. The summed E-state index contributed by atoms with van der Waals surface area (Å²) in [6, 6.07) is 9.13. The third-order valence-corrected chi connectivity index (χ3v) is 11.9. The van der Waals surface area contributed by atoms with Crippen molar-refractivity contribution in [2.75, 3.05) is 0 Å². The van der Waals surface area contributed by atoms with E-state index in [1.807, 2.05) is 0 Å². The maximum atomic E-state index is 2.54. The van der Waals surface area contributed by atoms with Crippen molar-refractivity contribution in [3.8, 4) is 0 Å². The fourth-order valence-corrected chi connectivity index (χ4v) is 9.69. The molecule has 26 heavy (non-hydrogen) atoms. The molecule has 1 unspecified atom stereocenters. The molecule has 0 bridgehead atoms. The van der Waals surface area contributed by atoms with E-state index < -0.39 is 23.2 Å². The van der Waals surface area contributed by atoms with E-state index in [0.717, 1.165) is 9.54 Å². The van der Waals surface area contributed by atoms with Crippen molar-refractivity contribution < 1.29 is 48.0 Å². The molecule has 0 heterocycles. The van der Waals surface area contributed by atoms with E-state index in [0.29, 0.717) is 3.12 Å². The van der Waals surface area contributed by atoms with Gasteiger partial charge in [0, 0.05) is 0 Å². The summed E-state index contributed by atoms with van der Waals surface area (Å²) in [5.74, 6) is 0.737. The monoisotopic (exact) mass is 466 g/mol. The molecule has 0 N–H and O–H groups in total. The minimum Gasteiger partial charge on any atom is -1.00 e. The number of benzene rings is 1. The van der Waals surface area contributed by atoms with E-state index in [1.54, 1.807) is 33.4 Å². The summed E-state index contributed by atoms with van der Waals surface area (Å²) in [7, 11) is 0. The fourth-order valence-electron chi connectivity index (χ4n) is 4.31. The Labute approximate surface area is 184 Å². The first-order valence-electron chi connectivity index (χ1n) is 9.19. The molecule has 1 aromatic rings. The zero-order valence-electron chi connectivity index (χ0n) is 17.0. The van der Waals surface area contributed by atoms with Gasteiger partial charge in [0.25, 0.3) is 0 Å². The Bertz CT molecular complexity index is 744. The SMILES string of the molecule is CC1=C(C)[C](C)([Zr+2][CH]2C(CC(C)C)=Cc3ccccc32)C(C)=C1C.[Cl-].[Cl-]. The predicted molar refractivity (Wildman–Crippen MR) is 102 cm³/mol. The number of hydrogen-bond acceptors (Lipinski definition) is 0. The largest absolute Gasteiger partial charge is 1.00 e. The van der Waals surface area contributed by atoms with Crippen LogP contribution in [-0.2, 0) is 23.2 Å². The summed E-state index contributed by atoms with van der Waals surface area (Å²) < 4.78 is 1.11. The van der Waals surface area contributed by atoms with E-state index in [2.05, 4.69) is 78.8 Å². The van der Waals surface area contributed by atoms with E-state index >= 15 is 0 Å². The molecule has 0 saturated carbocycles. The maximum Gasteiger partial charge on any atom is -1.00 e. The number of hydrogen-bond donors (Lipinski definition) is 0. The summed E-state index contributed by atoms with van der Waals surface area (Å²) in [6.07, 6.45) is 3.76. The zero-order chi connectivity index (χ0) is 17.6. The Hall–Kier alpha value is -0.0969. The van der Waals surface area contributed by atoms with Crippen LogP contribution in [0.15, 0.2) is 52.1 Å². The molecule has 0 amide bonds. The first-order valence-corrected chi connectivity index (χ1v) is 11.8. The molecule has 0 aromatic heterocycles. The van der Waals surface area contributed by atoms with Crippen molar-refractivity contribution in [3.63, 3.8) is 0 Å². The van der Waals surface area contributed by atoms with Crippen LogP contribution in [0.2, 0.25) is 3.12 Å². The van der Waals surface area contributed by atoms with Crippen LogP contribution in [0.5, 0.6) is 0 Å². The third-order valence-electron chi connectivity index (χ3n) is 6.28. The zero-order valence-corrected chi connectivity index (χ0v) is 21.0. The summed E-state index contributed by atoms with van der Waals surface area (Å²) in [6.45, 7) is 16.7. The summed E-state index contributed by atoms with van der Waals surface area (Å²) in [5.41, 5.74) is 11.2. The molecule has 0 nitrogen and oxygen atoms in total. The Kier molecular flexibility index (Phi) is 8.23. The van der Waals surface area contributed by atoms with Gasteiger partial charge in [0.15, 0.2) is 0 Å². The first-order chi connectivity index (χ1) is 11.3. The van der Waals surface area contributed by atoms with Crippen molar-refractivity contribution in [1.29, 1.82) is 0 Å². The maximum absolute atomic E-state index is 2.54. The van der Waals surface area contributed by atoms with E-state index in [1.165, 1.54) is 12.0 Å². The molecule has 2 aliphatic carbocycles. The van der Waals surface area contributed by atoms with Crippen LogP contribution in [0.4, 0.5) is 0 Å². The fraction of sp³-hybridized carbons (Fsp3) is 0.478. The van der Waals surface area contributed by atoms with Gasteiger partial charge in [-0.1, -0.05) is 0 Å². The van der Waals surface area contributed by atoms with Gasteiger partial charge in [-0.05, 0) is 0 Å². The van der Waals surface area contributed by atoms with Gasteiger partial charge in [0.1, 0.15) is 0 Å². The second-order valence-corrected chi connectivity index (χ2v) is 12.7. The Balaban J connectivity index is 0.00000169. The summed E-state index contributed by atoms with van der Waals surface area (Å²) >= 11 is -0.727. The van der Waals surface area contributed by atoms with Gasteiger partial charge in [0.2, 0.25) is 0 Å². The van der Waals surface area contributed by atoms with Crippen LogP contribution in [0.25, 0.3) is 6.08 Å². The van der Waals surface area contributed by atoms with Crippen molar-refractivity contribution in [3.05, 3.63) is 63.3 Å². The second kappa shape index (κ2) is 8.94. The molecule has 3 rings (SSSR count).